The van der Waals surface area contributed by atoms with Crippen molar-refractivity contribution < 1.29 is 0 Å². The van der Waals surface area contributed by atoms with E-state index in [4.69, 9.17) is 0 Å². The summed E-state index contributed by atoms with van der Waals surface area (Å²) in [5.74, 6) is 0. The van der Waals surface area contributed by atoms with Gasteiger partial charge in [0.2, 0.25) is 0 Å². The van der Waals surface area contributed by atoms with Gasteiger partial charge < -0.3 is 0 Å². The lowest BCUT2D eigenvalue weighted by Gasteiger charge is -2.18. The number of hydrogen-bond acceptors (Lipinski definition) is 1. The fourth-order valence-electron chi connectivity index (χ4n) is 2.85. The minimum Gasteiger partial charge on any atom is -0.295 e. The lowest BCUT2D eigenvalue weighted by atomic mass is 9.97. The summed E-state index contributed by atoms with van der Waals surface area (Å²) < 4.78 is 3.62. The number of rotatable bonds is 2. The Hall–Kier alpha value is -2.29. The van der Waals surface area contributed by atoms with E-state index >= 15 is 0 Å². The Labute approximate surface area is 130 Å². The Morgan fingerprint density at radius 2 is 1.59 bits per heavy atom. The SMILES string of the molecule is Cn1c(=O)n(CC(C)(C)C)c2cc(-c3ccccc3)ccc21. The number of aryl methyl sites for hydroxylation is 1. The fraction of sp³-hybridized carbons (Fsp3) is 0.316. The smallest absolute Gasteiger partial charge is 0.295 e. The maximum absolute atomic E-state index is 12.5. The highest BCUT2D eigenvalue weighted by molar-refractivity contribution is 5.82. The Morgan fingerprint density at radius 3 is 2.23 bits per heavy atom. The minimum atomic E-state index is 0.0511. The van der Waals surface area contributed by atoms with E-state index in [9.17, 15) is 4.79 Å². The first-order valence-corrected chi connectivity index (χ1v) is 7.61. The molecule has 0 spiro atoms. The first kappa shape index (κ1) is 14.6. The summed E-state index contributed by atoms with van der Waals surface area (Å²) in [6.07, 6.45) is 0. The minimum absolute atomic E-state index is 0.0511. The monoisotopic (exact) mass is 294 g/mol. The molecule has 3 nitrogen and oxygen atoms in total. The standard InChI is InChI=1S/C19H22N2O/c1-19(2,3)13-21-17-12-15(14-8-6-5-7-9-14)10-11-16(17)20(4)18(21)22/h5-12H,13H2,1-4H3. The van der Waals surface area contributed by atoms with Gasteiger partial charge in [-0.2, -0.15) is 0 Å². The second-order valence-corrected chi connectivity index (χ2v) is 7.06. The first-order valence-electron chi connectivity index (χ1n) is 7.61. The molecule has 0 N–H and O–H groups in total. The van der Waals surface area contributed by atoms with Crippen molar-refractivity contribution in [3.8, 4) is 11.1 Å². The van der Waals surface area contributed by atoms with Crippen molar-refractivity contribution in [2.45, 2.75) is 27.3 Å². The second kappa shape index (κ2) is 5.16. The third-order valence-electron chi connectivity index (χ3n) is 3.88. The summed E-state index contributed by atoms with van der Waals surface area (Å²) in [4.78, 5) is 12.5. The molecule has 3 aromatic rings. The van der Waals surface area contributed by atoms with Crippen molar-refractivity contribution in [3.05, 3.63) is 59.0 Å². The molecule has 114 valence electrons. The van der Waals surface area contributed by atoms with Crippen LogP contribution >= 0.6 is 0 Å². The van der Waals surface area contributed by atoms with Gasteiger partial charge in [-0.1, -0.05) is 57.2 Å². The van der Waals surface area contributed by atoms with Gasteiger partial charge >= 0.3 is 5.69 Å². The number of hydrogen-bond donors (Lipinski definition) is 0. The molecule has 0 saturated carbocycles. The van der Waals surface area contributed by atoms with Gasteiger partial charge in [0.05, 0.1) is 11.0 Å². The first-order chi connectivity index (χ1) is 10.4. The molecule has 0 aliphatic carbocycles. The van der Waals surface area contributed by atoms with Crippen LogP contribution < -0.4 is 5.69 Å². The average molecular weight is 294 g/mol. The number of aromatic nitrogens is 2. The van der Waals surface area contributed by atoms with Crippen LogP contribution in [0.15, 0.2) is 53.3 Å². The van der Waals surface area contributed by atoms with E-state index in [2.05, 4.69) is 45.0 Å². The molecule has 0 unspecified atom stereocenters. The topological polar surface area (TPSA) is 26.9 Å². The van der Waals surface area contributed by atoms with Crippen LogP contribution in [0.3, 0.4) is 0 Å². The summed E-state index contributed by atoms with van der Waals surface area (Å²) in [6, 6.07) is 16.5. The van der Waals surface area contributed by atoms with Crippen LogP contribution in [0.2, 0.25) is 0 Å². The van der Waals surface area contributed by atoms with E-state index in [-0.39, 0.29) is 11.1 Å². The Balaban J connectivity index is 2.23. The van der Waals surface area contributed by atoms with E-state index < -0.39 is 0 Å². The Bertz CT molecular complexity index is 864. The molecule has 1 aromatic heterocycles. The number of imidazole rings is 1. The molecule has 0 aliphatic rings. The summed E-state index contributed by atoms with van der Waals surface area (Å²) in [5.41, 5.74) is 4.40. The van der Waals surface area contributed by atoms with Gasteiger partial charge in [-0.05, 0) is 28.7 Å². The average Bonchev–Trinajstić information content (AvgIpc) is 2.71. The molecule has 22 heavy (non-hydrogen) atoms. The highest BCUT2D eigenvalue weighted by Gasteiger charge is 2.17. The predicted molar refractivity (Wildman–Crippen MR) is 92.1 cm³/mol. The van der Waals surface area contributed by atoms with Crippen LogP contribution in [0, 0.1) is 5.41 Å². The summed E-state index contributed by atoms with van der Waals surface area (Å²) in [6.45, 7) is 7.17. The Kier molecular flexibility index (Phi) is 3.44. The number of benzene rings is 2. The van der Waals surface area contributed by atoms with Crippen LogP contribution in [0.1, 0.15) is 20.8 Å². The summed E-state index contributed by atoms with van der Waals surface area (Å²) in [5, 5.41) is 0. The van der Waals surface area contributed by atoms with Crippen LogP contribution in [0.4, 0.5) is 0 Å². The van der Waals surface area contributed by atoms with Crippen LogP contribution in [-0.4, -0.2) is 9.13 Å². The van der Waals surface area contributed by atoms with Gasteiger partial charge in [-0.3, -0.25) is 9.13 Å². The van der Waals surface area contributed by atoms with E-state index in [1.165, 1.54) is 5.56 Å². The normalized spacial score (nSPS) is 12.0. The zero-order valence-electron chi connectivity index (χ0n) is 13.6. The van der Waals surface area contributed by atoms with E-state index in [0.717, 1.165) is 16.6 Å². The second-order valence-electron chi connectivity index (χ2n) is 7.06. The van der Waals surface area contributed by atoms with Gasteiger partial charge in [-0.15, -0.1) is 0 Å². The van der Waals surface area contributed by atoms with Crippen molar-refractivity contribution in [2.75, 3.05) is 0 Å². The molecule has 3 rings (SSSR count). The molecule has 0 amide bonds. The van der Waals surface area contributed by atoms with E-state index in [1.807, 2.05) is 35.9 Å². The van der Waals surface area contributed by atoms with Crippen LogP contribution in [0.5, 0.6) is 0 Å². The molecular weight excluding hydrogens is 272 g/mol. The number of nitrogens with zero attached hydrogens (tertiary/aromatic N) is 2. The third kappa shape index (κ3) is 2.59. The van der Waals surface area contributed by atoms with Crippen molar-refractivity contribution in [1.82, 2.24) is 9.13 Å². The zero-order valence-corrected chi connectivity index (χ0v) is 13.6. The largest absolute Gasteiger partial charge is 0.328 e. The molecule has 0 bridgehead atoms. The molecule has 3 heteroatoms. The molecule has 2 aromatic carbocycles. The van der Waals surface area contributed by atoms with Gasteiger partial charge in [0.1, 0.15) is 0 Å². The predicted octanol–water partition coefficient (Wildman–Crippen LogP) is 4.05. The van der Waals surface area contributed by atoms with Crippen molar-refractivity contribution >= 4 is 11.0 Å². The van der Waals surface area contributed by atoms with E-state index in [1.54, 1.807) is 4.57 Å². The van der Waals surface area contributed by atoms with Crippen molar-refractivity contribution in [1.29, 1.82) is 0 Å². The summed E-state index contributed by atoms with van der Waals surface area (Å²) >= 11 is 0. The highest BCUT2D eigenvalue weighted by Crippen LogP contribution is 2.25. The molecule has 0 aliphatic heterocycles. The van der Waals surface area contributed by atoms with Gasteiger partial charge in [0.25, 0.3) is 0 Å². The molecule has 0 fully saturated rings. The van der Waals surface area contributed by atoms with Gasteiger partial charge in [-0.25, -0.2) is 4.79 Å². The molecular formula is C19H22N2O. The molecule has 1 heterocycles. The molecule has 0 saturated heterocycles. The zero-order chi connectivity index (χ0) is 15.9. The molecule has 0 atom stereocenters. The third-order valence-corrected chi connectivity index (χ3v) is 3.88. The lowest BCUT2D eigenvalue weighted by molar-refractivity contribution is 0.342. The fourth-order valence-corrected chi connectivity index (χ4v) is 2.85. The molecule has 0 radical (unpaired) electrons. The highest BCUT2D eigenvalue weighted by atomic mass is 16.1. The van der Waals surface area contributed by atoms with E-state index in [0.29, 0.717) is 6.54 Å². The summed E-state index contributed by atoms with van der Waals surface area (Å²) in [7, 11) is 1.84. The van der Waals surface area contributed by atoms with Gasteiger partial charge in [0.15, 0.2) is 0 Å². The lowest BCUT2D eigenvalue weighted by Crippen LogP contribution is -2.27. The van der Waals surface area contributed by atoms with Crippen molar-refractivity contribution in [3.63, 3.8) is 0 Å². The van der Waals surface area contributed by atoms with Gasteiger partial charge in [0, 0.05) is 13.6 Å². The van der Waals surface area contributed by atoms with Crippen LogP contribution in [-0.2, 0) is 13.6 Å². The van der Waals surface area contributed by atoms with Crippen LogP contribution in [0.25, 0.3) is 22.2 Å². The maximum atomic E-state index is 12.5. The van der Waals surface area contributed by atoms with Crippen molar-refractivity contribution in [2.24, 2.45) is 12.5 Å². The quantitative estimate of drug-likeness (QED) is 0.700. The Morgan fingerprint density at radius 1 is 0.909 bits per heavy atom. The number of fused-ring (bicyclic) bond motifs is 1. The maximum Gasteiger partial charge on any atom is 0.328 e.